The van der Waals surface area contributed by atoms with Crippen LogP contribution in [-0.2, 0) is 34.5 Å². The van der Waals surface area contributed by atoms with Crippen molar-refractivity contribution in [2.45, 2.75) is 116 Å². The molecule has 0 aliphatic heterocycles. The number of nitrogens with one attached hydrogen (secondary N) is 2. The maximum absolute atomic E-state index is 13.8. The third-order valence-corrected chi connectivity index (χ3v) is 10.5. The molecule has 11 nitrogen and oxygen atoms in total. The van der Waals surface area contributed by atoms with E-state index in [0.29, 0.717) is 23.6 Å². The molecule has 256 valence electrons. The molecule has 1 aliphatic rings. The number of unbranched alkanes of at least 4 members (excludes halogenated alkanes) is 2. The number of aliphatic hydroxyl groups is 1. The molecular formula is C32H53ClN3O8P. The van der Waals surface area contributed by atoms with Gasteiger partial charge in [0.1, 0.15) is 12.6 Å². The van der Waals surface area contributed by atoms with E-state index in [9.17, 15) is 24.1 Å². The maximum atomic E-state index is 13.8. The molecule has 0 spiro atoms. The minimum atomic E-state index is -4.08. The van der Waals surface area contributed by atoms with Crippen molar-refractivity contribution >= 4 is 37.1 Å². The first-order valence-corrected chi connectivity index (χ1v) is 18.3. The Hall–Kier alpha value is -2.17. The summed E-state index contributed by atoms with van der Waals surface area (Å²) in [6, 6.07) is 4.79. The number of amides is 3. The van der Waals surface area contributed by atoms with Gasteiger partial charge < -0.3 is 34.4 Å². The van der Waals surface area contributed by atoms with Crippen LogP contribution in [0.4, 0.5) is 4.79 Å². The SMILES string of the molecule is CCCCCN(C)C(=O)CC[C@H](NC(=O)[C@H](CC1CCCCC1)NC(=O)OCc1cccc(Cl)c1)C(O)P(=O)(OCC)OCC. The van der Waals surface area contributed by atoms with Crippen LogP contribution in [0.2, 0.25) is 5.02 Å². The normalized spacial score (nSPS) is 16.0. The van der Waals surface area contributed by atoms with Crippen molar-refractivity contribution in [2.75, 3.05) is 26.8 Å². The first kappa shape index (κ1) is 39.0. The molecule has 3 atom stereocenters. The van der Waals surface area contributed by atoms with Gasteiger partial charge in [-0.3, -0.25) is 14.2 Å². The fourth-order valence-corrected chi connectivity index (χ4v) is 7.47. The lowest BCUT2D eigenvalue weighted by molar-refractivity contribution is -0.131. The van der Waals surface area contributed by atoms with Gasteiger partial charge in [0.25, 0.3) is 0 Å². The van der Waals surface area contributed by atoms with Crippen molar-refractivity contribution in [2.24, 2.45) is 5.92 Å². The topological polar surface area (TPSA) is 144 Å². The van der Waals surface area contributed by atoms with E-state index in [1.54, 1.807) is 50.1 Å². The van der Waals surface area contributed by atoms with Crippen molar-refractivity contribution in [3.63, 3.8) is 0 Å². The van der Waals surface area contributed by atoms with Gasteiger partial charge in [-0.25, -0.2) is 4.79 Å². The molecule has 0 radical (unpaired) electrons. The Labute approximate surface area is 273 Å². The highest BCUT2D eigenvalue weighted by Gasteiger charge is 2.42. The number of rotatable bonds is 20. The zero-order chi connectivity index (χ0) is 33.2. The van der Waals surface area contributed by atoms with Gasteiger partial charge in [0.05, 0.1) is 19.3 Å². The zero-order valence-electron chi connectivity index (χ0n) is 27.3. The number of hydrogen-bond donors (Lipinski definition) is 3. The lowest BCUT2D eigenvalue weighted by Crippen LogP contribution is -2.53. The summed E-state index contributed by atoms with van der Waals surface area (Å²) in [7, 11) is -2.36. The van der Waals surface area contributed by atoms with Crippen LogP contribution in [0.5, 0.6) is 0 Å². The van der Waals surface area contributed by atoms with Gasteiger partial charge in [-0.1, -0.05) is 75.6 Å². The fourth-order valence-electron chi connectivity index (χ4n) is 5.49. The molecule has 0 aromatic heterocycles. The number of aliphatic hydroxyl groups excluding tert-OH is 1. The average molecular weight is 674 g/mol. The number of nitrogens with zero attached hydrogens (tertiary/aromatic N) is 1. The zero-order valence-corrected chi connectivity index (χ0v) is 29.0. The van der Waals surface area contributed by atoms with E-state index in [1.165, 1.54) is 0 Å². The molecule has 13 heteroatoms. The first-order valence-electron chi connectivity index (χ1n) is 16.3. The Bertz CT molecular complexity index is 1090. The van der Waals surface area contributed by atoms with Crippen molar-refractivity contribution in [1.29, 1.82) is 0 Å². The van der Waals surface area contributed by atoms with Crippen LogP contribution >= 0.6 is 19.2 Å². The molecule has 1 aromatic rings. The van der Waals surface area contributed by atoms with E-state index in [4.69, 9.17) is 25.4 Å². The van der Waals surface area contributed by atoms with Crippen molar-refractivity contribution < 1.29 is 37.8 Å². The molecule has 1 unspecified atom stereocenters. The number of carbonyl (C=O) groups excluding carboxylic acids is 3. The third kappa shape index (κ3) is 14.0. The molecule has 1 aromatic carbocycles. The van der Waals surface area contributed by atoms with Crippen LogP contribution in [0.1, 0.15) is 97.0 Å². The highest BCUT2D eigenvalue weighted by molar-refractivity contribution is 7.54. The van der Waals surface area contributed by atoms with Gasteiger partial charge in [0, 0.05) is 25.0 Å². The number of hydrogen-bond acceptors (Lipinski definition) is 8. The van der Waals surface area contributed by atoms with Crippen LogP contribution < -0.4 is 10.6 Å². The van der Waals surface area contributed by atoms with Gasteiger partial charge >= 0.3 is 13.7 Å². The lowest BCUT2D eigenvalue weighted by atomic mass is 9.84. The number of ether oxygens (including phenoxy) is 1. The summed E-state index contributed by atoms with van der Waals surface area (Å²) < 4.78 is 29.7. The van der Waals surface area contributed by atoms with Gasteiger partial charge in [-0.2, -0.15) is 0 Å². The Morgan fingerprint density at radius 2 is 1.76 bits per heavy atom. The monoisotopic (exact) mass is 673 g/mol. The van der Waals surface area contributed by atoms with Crippen molar-refractivity contribution in [3.05, 3.63) is 34.9 Å². The molecule has 0 heterocycles. The lowest BCUT2D eigenvalue weighted by Gasteiger charge is -2.32. The Morgan fingerprint density at radius 1 is 1.07 bits per heavy atom. The van der Waals surface area contributed by atoms with Gasteiger partial charge in [0.15, 0.2) is 5.85 Å². The minimum Gasteiger partial charge on any atom is -0.445 e. The summed E-state index contributed by atoms with van der Waals surface area (Å²) >= 11 is 6.04. The van der Waals surface area contributed by atoms with Gasteiger partial charge in [-0.05, 0) is 56.7 Å². The number of alkyl carbamates (subject to hydrolysis) is 1. The van der Waals surface area contributed by atoms with Crippen LogP contribution in [0.25, 0.3) is 0 Å². The molecule has 3 N–H and O–H groups in total. The standard InChI is InChI=1S/C32H53ClN3O8P/c1-5-8-12-20-36(4)29(37)19-18-27(31(39)45(41,43-6-2)44-7-3)34-30(38)28(22-24-14-10-9-11-15-24)35-32(40)42-23-25-16-13-17-26(33)21-25/h13,16-17,21,24,27-28,31,39H,5-12,14-15,18-20,22-23H2,1-4H3,(H,34,38)(H,35,40)/t27-,28-,31?/m0/s1. The van der Waals surface area contributed by atoms with E-state index >= 15 is 0 Å². The van der Waals surface area contributed by atoms with E-state index in [0.717, 1.165) is 51.4 Å². The number of benzene rings is 1. The van der Waals surface area contributed by atoms with E-state index < -0.39 is 37.5 Å². The Kier molecular flexibility index (Phi) is 18.1. The first-order chi connectivity index (χ1) is 21.5. The van der Waals surface area contributed by atoms with Crippen molar-refractivity contribution in [1.82, 2.24) is 15.5 Å². The number of carbonyl (C=O) groups is 3. The van der Waals surface area contributed by atoms with Crippen LogP contribution in [0.3, 0.4) is 0 Å². The summed E-state index contributed by atoms with van der Waals surface area (Å²) in [5.74, 6) is -2.26. The highest BCUT2D eigenvalue weighted by atomic mass is 35.5. The predicted octanol–water partition coefficient (Wildman–Crippen LogP) is 6.40. The molecular weight excluding hydrogens is 621 g/mol. The molecule has 1 fully saturated rings. The highest BCUT2D eigenvalue weighted by Crippen LogP contribution is 2.53. The predicted molar refractivity (Wildman–Crippen MR) is 175 cm³/mol. The van der Waals surface area contributed by atoms with E-state index in [2.05, 4.69) is 17.6 Å². The molecule has 3 amide bonds. The summed E-state index contributed by atoms with van der Waals surface area (Å²) in [6.07, 6.45) is 7.53. The molecule has 1 saturated carbocycles. The van der Waals surface area contributed by atoms with Gasteiger partial charge in [0.2, 0.25) is 11.8 Å². The summed E-state index contributed by atoms with van der Waals surface area (Å²) in [4.78, 5) is 41.2. The van der Waals surface area contributed by atoms with Crippen LogP contribution in [0, 0.1) is 5.92 Å². The van der Waals surface area contributed by atoms with E-state index in [-0.39, 0.29) is 44.5 Å². The molecule has 1 aliphatic carbocycles. The summed E-state index contributed by atoms with van der Waals surface area (Å²) in [5.41, 5.74) is 0.695. The van der Waals surface area contributed by atoms with Gasteiger partial charge in [-0.15, -0.1) is 0 Å². The van der Waals surface area contributed by atoms with Crippen molar-refractivity contribution in [3.8, 4) is 0 Å². The van der Waals surface area contributed by atoms with Crippen LogP contribution in [0.15, 0.2) is 24.3 Å². The molecule has 0 saturated heterocycles. The Morgan fingerprint density at radius 3 is 2.38 bits per heavy atom. The minimum absolute atomic E-state index is 0.00865. The summed E-state index contributed by atoms with van der Waals surface area (Å²) in [6.45, 7) is 5.91. The fraction of sp³-hybridized carbons (Fsp3) is 0.719. The third-order valence-electron chi connectivity index (χ3n) is 7.98. The summed E-state index contributed by atoms with van der Waals surface area (Å²) in [5, 5.41) is 17.3. The maximum Gasteiger partial charge on any atom is 0.408 e. The largest absolute Gasteiger partial charge is 0.445 e. The number of halogens is 1. The second-order valence-corrected chi connectivity index (χ2v) is 14.2. The van der Waals surface area contributed by atoms with Crippen LogP contribution in [-0.4, -0.2) is 72.6 Å². The quantitative estimate of drug-likeness (QED) is 0.107. The molecule has 45 heavy (non-hydrogen) atoms. The van der Waals surface area contributed by atoms with E-state index in [1.807, 2.05) is 0 Å². The molecule has 2 rings (SSSR count). The molecule has 0 bridgehead atoms. The second-order valence-electron chi connectivity index (χ2n) is 11.6. The second kappa shape index (κ2) is 20.9. The smallest absolute Gasteiger partial charge is 0.408 e. The average Bonchev–Trinajstić information content (AvgIpc) is 3.02. The Balaban J connectivity index is 2.23.